The van der Waals surface area contributed by atoms with E-state index in [-0.39, 0.29) is 11.8 Å². The van der Waals surface area contributed by atoms with Crippen LogP contribution in [0.25, 0.3) is 0 Å². The number of halogens is 1. The second kappa shape index (κ2) is 8.36. The Labute approximate surface area is 147 Å². The van der Waals surface area contributed by atoms with E-state index in [0.717, 1.165) is 43.7 Å². The van der Waals surface area contributed by atoms with Crippen LogP contribution in [0.3, 0.4) is 0 Å². The molecular formula is C14H19BrN6O3. The van der Waals surface area contributed by atoms with Gasteiger partial charge in [0.05, 0.1) is 23.9 Å². The van der Waals surface area contributed by atoms with Crippen molar-refractivity contribution < 1.29 is 14.1 Å². The monoisotopic (exact) mass is 398 g/mol. The van der Waals surface area contributed by atoms with Gasteiger partial charge in [-0.15, -0.1) is 0 Å². The van der Waals surface area contributed by atoms with Crippen LogP contribution in [0.2, 0.25) is 0 Å². The molecule has 0 aliphatic carbocycles. The maximum Gasteiger partial charge on any atom is 0.316 e. The van der Waals surface area contributed by atoms with E-state index in [4.69, 9.17) is 9.26 Å². The highest BCUT2D eigenvalue weighted by Crippen LogP contribution is 2.07. The first kappa shape index (κ1) is 17.1. The van der Waals surface area contributed by atoms with Crippen LogP contribution < -0.4 is 5.32 Å². The number of ether oxygens (including phenoxy) is 1. The Morgan fingerprint density at radius 3 is 2.96 bits per heavy atom. The molecular weight excluding hydrogens is 380 g/mol. The van der Waals surface area contributed by atoms with Crippen molar-refractivity contribution in [2.45, 2.75) is 13.0 Å². The Bertz CT molecular complexity index is 667. The van der Waals surface area contributed by atoms with Gasteiger partial charge in [0.2, 0.25) is 0 Å². The first-order valence-electron chi connectivity index (χ1n) is 7.79. The molecule has 0 aromatic carbocycles. The van der Waals surface area contributed by atoms with Gasteiger partial charge < -0.3 is 14.6 Å². The molecule has 9 nitrogen and oxygen atoms in total. The predicted molar refractivity (Wildman–Crippen MR) is 87.5 cm³/mol. The van der Waals surface area contributed by atoms with Crippen LogP contribution in [-0.4, -0.2) is 70.1 Å². The highest BCUT2D eigenvalue weighted by Gasteiger charge is 2.15. The van der Waals surface area contributed by atoms with Crippen molar-refractivity contribution in [2.75, 3.05) is 39.4 Å². The number of nitrogens with zero attached hydrogens (tertiary/aromatic N) is 5. The number of aromatic nitrogens is 4. The van der Waals surface area contributed by atoms with Gasteiger partial charge in [-0.25, -0.2) is 0 Å². The van der Waals surface area contributed by atoms with E-state index in [9.17, 15) is 4.79 Å². The minimum atomic E-state index is -0.350. The normalized spacial score (nSPS) is 15.5. The third kappa shape index (κ3) is 4.86. The minimum Gasteiger partial charge on any atom is -0.379 e. The molecule has 0 unspecified atom stereocenters. The van der Waals surface area contributed by atoms with Gasteiger partial charge in [-0.3, -0.25) is 14.4 Å². The summed E-state index contributed by atoms with van der Waals surface area (Å²) in [6.07, 6.45) is 4.33. The summed E-state index contributed by atoms with van der Waals surface area (Å²) in [5.74, 6) is 0.0315. The Kier molecular flexibility index (Phi) is 5.94. The van der Waals surface area contributed by atoms with Crippen molar-refractivity contribution in [1.82, 2.24) is 30.1 Å². The molecule has 10 heteroatoms. The van der Waals surface area contributed by atoms with Crippen LogP contribution in [0.15, 0.2) is 21.4 Å². The molecule has 0 radical (unpaired) electrons. The van der Waals surface area contributed by atoms with Gasteiger partial charge in [0.1, 0.15) is 6.54 Å². The summed E-state index contributed by atoms with van der Waals surface area (Å²) in [5, 5.41) is 10.7. The lowest BCUT2D eigenvalue weighted by Crippen LogP contribution is -2.38. The Hall–Kier alpha value is -1.78. The molecule has 1 aliphatic rings. The third-order valence-corrected chi connectivity index (χ3v) is 4.02. The molecule has 1 amide bonds. The van der Waals surface area contributed by atoms with E-state index in [0.29, 0.717) is 18.9 Å². The first-order chi connectivity index (χ1) is 11.7. The summed E-state index contributed by atoms with van der Waals surface area (Å²) in [7, 11) is 0. The number of nitrogens with one attached hydrogen (secondary N) is 1. The molecule has 3 rings (SSSR count). The van der Waals surface area contributed by atoms with E-state index in [1.807, 2.05) is 0 Å². The van der Waals surface area contributed by atoms with Crippen molar-refractivity contribution in [3.05, 3.63) is 28.6 Å². The van der Waals surface area contributed by atoms with E-state index >= 15 is 0 Å². The summed E-state index contributed by atoms with van der Waals surface area (Å²) < 4.78 is 12.8. The molecule has 2 aromatic rings. The molecule has 2 aromatic heterocycles. The van der Waals surface area contributed by atoms with E-state index in [2.05, 4.69) is 41.4 Å². The van der Waals surface area contributed by atoms with Crippen molar-refractivity contribution in [3.8, 4) is 0 Å². The van der Waals surface area contributed by atoms with Gasteiger partial charge in [-0.05, 0) is 28.9 Å². The second-order valence-corrected chi connectivity index (χ2v) is 6.35. The van der Waals surface area contributed by atoms with Crippen LogP contribution >= 0.6 is 15.9 Å². The van der Waals surface area contributed by atoms with Crippen molar-refractivity contribution in [3.63, 3.8) is 0 Å². The van der Waals surface area contributed by atoms with Gasteiger partial charge in [0.15, 0.2) is 5.82 Å². The Balaban J connectivity index is 1.40. The predicted octanol–water partition coefficient (Wildman–Crippen LogP) is 0.529. The SMILES string of the molecule is O=C(NCCCN1CCOCC1)c1nc(Cn2cc(Br)cn2)no1. The lowest BCUT2D eigenvalue weighted by Gasteiger charge is -2.26. The zero-order valence-electron chi connectivity index (χ0n) is 13.2. The Morgan fingerprint density at radius 1 is 1.38 bits per heavy atom. The summed E-state index contributed by atoms with van der Waals surface area (Å²) >= 11 is 3.32. The van der Waals surface area contributed by atoms with Gasteiger partial charge >= 0.3 is 11.8 Å². The van der Waals surface area contributed by atoms with Crippen molar-refractivity contribution >= 4 is 21.8 Å². The van der Waals surface area contributed by atoms with E-state index in [1.165, 1.54) is 0 Å². The fraction of sp³-hybridized carbons (Fsp3) is 0.571. The maximum atomic E-state index is 12.0. The highest BCUT2D eigenvalue weighted by molar-refractivity contribution is 9.10. The fourth-order valence-electron chi connectivity index (χ4n) is 2.39. The summed E-state index contributed by atoms with van der Waals surface area (Å²) in [6.45, 7) is 5.31. The second-order valence-electron chi connectivity index (χ2n) is 5.44. The van der Waals surface area contributed by atoms with Crippen molar-refractivity contribution in [1.29, 1.82) is 0 Å². The molecule has 1 N–H and O–H groups in total. The lowest BCUT2D eigenvalue weighted by atomic mass is 10.3. The summed E-state index contributed by atoms with van der Waals surface area (Å²) in [4.78, 5) is 18.4. The first-order valence-corrected chi connectivity index (χ1v) is 8.59. The molecule has 3 heterocycles. The lowest BCUT2D eigenvalue weighted by molar-refractivity contribution is 0.0374. The highest BCUT2D eigenvalue weighted by atomic mass is 79.9. The topological polar surface area (TPSA) is 98.3 Å². The standard InChI is InChI=1S/C14H19BrN6O3/c15-11-8-17-21(9-11)10-12-18-14(24-19-12)13(22)16-2-1-3-20-4-6-23-7-5-20/h8-9H,1-7,10H2,(H,16,22). The van der Waals surface area contributed by atoms with Crippen LogP contribution in [0.1, 0.15) is 22.9 Å². The molecule has 130 valence electrons. The number of morpholine rings is 1. The molecule has 0 bridgehead atoms. The van der Waals surface area contributed by atoms with Crippen LogP contribution in [0.4, 0.5) is 0 Å². The van der Waals surface area contributed by atoms with Crippen LogP contribution in [-0.2, 0) is 11.3 Å². The quantitative estimate of drug-likeness (QED) is 0.679. The Morgan fingerprint density at radius 2 is 2.21 bits per heavy atom. The molecule has 1 aliphatic heterocycles. The molecule has 0 saturated carbocycles. The van der Waals surface area contributed by atoms with Crippen LogP contribution in [0, 0.1) is 0 Å². The smallest absolute Gasteiger partial charge is 0.316 e. The average Bonchev–Trinajstić information content (AvgIpc) is 3.22. The largest absolute Gasteiger partial charge is 0.379 e. The molecule has 1 saturated heterocycles. The van der Waals surface area contributed by atoms with Gasteiger partial charge in [0, 0.05) is 25.8 Å². The minimum absolute atomic E-state index is 0.0254. The number of hydrogen-bond donors (Lipinski definition) is 1. The number of carbonyl (C=O) groups is 1. The number of rotatable bonds is 7. The zero-order valence-corrected chi connectivity index (χ0v) is 14.7. The molecule has 1 fully saturated rings. The van der Waals surface area contributed by atoms with Crippen LogP contribution in [0.5, 0.6) is 0 Å². The van der Waals surface area contributed by atoms with Gasteiger partial charge in [-0.2, -0.15) is 10.1 Å². The molecule has 0 atom stereocenters. The molecule has 0 spiro atoms. The van der Waals surface area contributed by atoms with Crippen molar-refractivity contribution in [2.24, 2.45) is 0 Å². The fourth-order valence-corrected chi connectivity index (χ4v) is 2.71. The van der Waals surface area contributed by atoms with E-state index < -0.39 is 0 Å². The summed E-state index contributed by atoms with van der Waals surface area (Å²) in [6, 6.07) is 0. The number of carbonyl (C=O) groups excluding carboxylic acids is 1. The third-order valence-electron chi connectivity index (χ3n) is 3.61. The van der Waals surface area contributed by atoms with E-state index in [1.54, 1.807) is 17.1 Å². The number of amides is 1. The summed E-state index contributed by atoms with van der Waals surface area (Å²) in [5.41, 5.74) is 0. The average molecular weight is 399 g/mol. The number of hydrogen-bond acceptors (Lipinski definition) is 7. The maximum absolute atomic E-state index is 12.0. The zero-order chi connectivity index (χ0) is 16.8. The molecule has 24 heavy (non-hydrogen) atoms. The van der Waals surface area contributed by atoms with Gasteiger partial charge in [-0.1, -0.05) is 5.16 Å². The van der Waals surface area contributed by atoms with Gasteiger partial charge in [0.25, 0.3) is 0 Å².